The lowest BCUT2D eigenvalue weighted by Crippen LogP contribution is -2.40. The van der Waals surface area contributed by atoms with E-state index in [1.165, 1.54) is 19.9 Å². The first-order valence-electron chi connectivity index (χ1n) is 5.73. The van der Waals surface area contributed by atoms with Gasteiger partial charge in [0.15, 0.2) is 0 Å². The molecule has 6 nitrogen and oxygen atoms in total. The van der Waals surface area contributed by atoms with Gasteiger partial charge in [0.25, 0.3) is 5.92 Å². The van der Waals surface area contributed by atoms with E-state index in [4.69, 9.17) is 10.5 Å². The highest BCUT2D eigenvalue weighted by Crippen LogP contribution is 2.51. The fraction of sp³-hybridized carbons (Fsp3) is 0.636. The second-order valence-electron chi connectivity index (χ2n) is 4.88. The van der Waals surface area contributed by atoms with Crippen LogP contribution in [0.3, 0.4) is 0 Å². The summed E-state index contributed by atoms with van der Waals surface area (Å²) in [5.74, 6) is -4.61. The maximum absolute atomic E-state index is 14.2. The zero-order valence-electron chi connectivity index (χ0n) is 10.5. The van der Waals surface area contributed by atoms with Crippen LogP contribution in [0.4, 0.5) is 14.6 Å². The summed E-state index contributed by atoms with van der Waals surface area (Å²) in [7, 11) is 0. The minimum atomic E-state index is -3.31. The molecule has 2 heterocycles. The molecule has 1 aromatic rings. The fourth-order valence-electron chi connectivity index (χ4n) is 2.08. The van der Waals surface area contributed by atoms with Crippen LogP contribution in [-0.2, 0) is 4.74 Å². The van der Waals surface area contributed by atoms with Crippen LogP contribution in [-0.4, -0.2) is 32.8 Å². The SMILES string of the molecule is C[C@@H]1C(F)(F)[C@H](n2ccc(N)nc2=O)O[C@]1(C)CO. The van der Waals surface area contributed by atoms with E-state index >= 15 is 0 Å². The zero-order valence-corrected chi connectivity index (χ0v) is 10.5. The molecule has 19 heavy (non-hydrogen) atoms. The number of aliphatic hydroxyl groups excluding tert-OH is 1. The molecule has 0 spiro atoms. The number of alkyl halides is 2. The highest BCUT2D eigenvalue weighted by molar-refractivity contribution is 5.23. The van der Waals surface area contributed by atoms with E-state index < -0.39 is 36.0 Å². The van der Waals surface area contributed by atoms with Gasteiger partial charge in [0, 0.05) is 6.20 Å². The lowest BCUT2D eigenvalue weighted by Gasteiger charge is -2.25. The lowest BCUT2D eigenvalue weighted by atomic mass is 9.89. The van der Waals surface area contributed by atoms with Crippen LogP contribution >= 0.6 is 0 Å². The van der Waals surface area contributed by atoms with Gasteiger partial charge < -0.3 is 15.6 Å². The van der Waals surface area contributed by atoms with Crippen LogP contribution in [0.1, 0.15) is 20.1 Å². The quantitative estimate of drug-likeness (QED) is 0.814. The maximum Gasteiger partial charge on any atom is 0.351 e. The molecular weight excluding hydrogens is 260 g/mol. The molecule has 1 aliphatic rings. The van der Waals surface area contributed by atoms with Crippen LogP contribution < -0.4 is 11.4 Å². The van der Waals surface area contributed by atoms with Crippen molar-refractivity contribution in [2.24, 2.45) is 5.92 Å². The Morgan fingerprint density at radius 2 is 2.26 bits per heavy atom. The first-order valence-corrected chi connectivity index (χ1v) is 5.73. The molecule has 0 aromatic carbocycles. The third-order valence-corrected chi connectivity index (χ3v) is 3.62. The molecule has 0 radical (unpaired) electrons. The summed E-state index contributed by atoms with van der Waals surface area (Å²) >= 11 is 0. The average Bonchev–Trinajstić information content (AvgIpc) is 2.51. The van der Waals surface area contributed by atoms with Crippen LogP contribution in [0.15, 0.2) is 17.1 Å². The van der Waals surface area contributed by atoms with Crippen molar-refractivity contribution in [2.75, 3.05) is 12.3 Å². The van der Waals surface area contributed by atoms with E-state index in [1.54, 1.807) is 0 Å². The Labute approximate surface area is 107 Å². The van der Waals surface area contributed by atoms with Crippen LogP contribution in [0.5, 0.6) is 0 Å². The number of ether oxygens (including phenoxy) is 1. The number of halogens is 2. The van der Waals surface area contributed by atoms with E-state index in [1.807, 2.05) is 0 Å². The Kier molecular flexibility index (Phi) is 3.10. The molecule has 1 fully saturated rings. The highest BCUT2D eigenvalue weighted by Gasteiger charge is 2.62. The largest absolute Gasteiger partial charge is 0.393 e. The molecule has 3 N–H and O–H groups in total. The average molecular weight is 275 g/mol. The van der Waals surface area contributed by atoms with Gasteiger partial charge in [0.1, 0.15) is 5.82 Å². The zero-order chi connectivity index (χ0) is 14.4. The number of nitrogens with zero attached hydrogens (tertiary/aromatic N) is 2. The van der Waals surface area contributed by atoms with E-state index in [9.17, 15) is 18.7 Å². The third-order valence-electron chi connectivity index (χ3n) is 3.62. The van der Waals surface area contributed by atoms with Crippen molar-refractivity contribution in [2.45, 2.75) is 31.6 Å². The molecule has 1 aromatic heterocycles. The maximum atomic E-state index is 14.2. The molecule has 8 heteroatoms. The minimum Gasteiger partial charge on any atom is -0.393 e. The lowest BCUT2D eigenvalue weighted by molar-refractivity contribution is -0.140. The molecule has 0 saturated carbocycles. The minimum absolute atomic E-state index is 0.0551. The smallest absolute Gasteiger partial charge is 0.351 e. The van der Waals surface area contributed by atoms with Gasteiger partial charge in [-0.25, -0.2) is 13.6 Å². The first kappa shape index (κ1) is 13.9. The predicted octanol–water partition coefficient (Wildman–Crippen LogP) is 0.377. The van der Waals surface area contributed by atoms with Crippen molar-refractivity contribution in [1.29, 1.82) is 0 Å². The van der Waals surface area contributed by atoms with Crippen molar-refractivity contribution in [3.8, 4) is 0 Å². The number of anilines is 1. The molecule has 2 rings (SSSR count). The number of aromatic nitrogens is 2. The van der Waals surface area contributed by atoms with Crippen molar-refractivity contribution in [1.82, 2.24) is 9.55 Å². The second kappa shape index (κ2) is 4.24. The number of aliphatic hydroxyl groups is 1. The normalized spacial score (nSPS) is 33.5. The number of nitrogen functional groups attached to an aromatic ring is 1. The Morgan fingerprint density at radius 1 is 1.63 bits per heavy atom. The Morgan fingerprint density at radius 3 is 2.74 bits per heavy atom. The van der Waals surface area contributed by atoms with Crippen LogP contribution in [0.2, 0.25) is 0 Å². The van der Waals surface area contributed by atoms with E-state index in [-0.39, 0.29) is 5.82 Å². The monoisotopic (exact) mass is 275 g/mol. The summed E-state index contributed by atoms with van der Waals surface area (Å²) in [6.45, 7) is 2.07. The molecule has 1 aliphatic heterocycles. The van der Waals surface area contributed by atoms with Crippen molar-refractivity contribution < 1.29 is 18.6 Å². The van der Waals surface area contributed by atoms with Crippen LogP contribution in [0, 0.1) is 5.92 Å². The summed E-state index contributed by atoms with van der Waals surface area (Å²) in [4.78, 5) is 15.0. The molecule has 3 atom stereocenters. The Balaban J connectivity index is 2.48. The second-order valence-corrected chi connectivity index (χ2v) is 4.88. The Bertz CT molecular complexity index is 548. The van der Waals surface area contributed by atoms with Crippen molar-refractivity contribution in [3.63, 3.8) is 0 Å². The number of nitrogens with two attached hydrogens (primary N) is 1. The van der Waals surface area contributed by atoms with Gasteiger partial charge in [-0.05, 0) is 13.0 Å². The molecule has 106 valence electrons. The molecule has 0 amide bonds. The van der Waals surface area contributed by atoms with Gasteiger partial charge in [0.2, 0.25) is 6.23 Å². The summed E-state index contributed by atoms with van der Waals surface area (Å²) in [6, 6.07) is 1.24. The van der Waals surface area contributed by atoms with Gasteiger partial charge in [0.05, 0.1) is 18.1 Å². The number of hydrogen-bond donors (Lipinski definition) is 2. The van der Waals surface area contributed by atoms with Crippen molar-refractivity contribution in [3.05, 3.63) is 22.7 Å². The van der Waals surface area contributed by atoms with E-state index in [0.29, 0.717) is 4.57 Å². The molecule has 1 saturated heterocycles. The van der Waals surface area contributed by atoms with Gasteiger partial charge in [-0.15, -0.1) is 0 Å². The molecule has 0 unspecified atom stereocenters. The van der Waals surface area contributed by atoms with Crippen molar-refractivity contribution >= 4 is 5.82 Å². The topological polar surface area (TPSA) is 90.4 Å². The molecule has 0 bridgehead atoms. The molecule has 0 aliphatic carbocycles. The fourth-order valence-corrected chi connectivity index (χ4v) is 2.08. The van der Waals surface area contributed by atoms with Gasteiger partial charge in [-0.1, -0.05) is 6.92 Å². The first-order chi connectivity index (χ1) is 8.72. The van der Waals surface area contributed by atoms with E-state index in [0.717, 1.165) is 6.20 Å². The number of hydrogen-bond acceptors (Lipinski definition) is 5. The van der Waals surface area contributed by atoms with Gasteiger partial charge in [-0.2, -0.15) is 4.98 Å². The summed E-state index contributed by atoms with van der Waals surface area (Å²) < 4.78 is 34.3. The standard InChI is InChI=1S/C11H15F2N3O3/c1-6-10(2,5-17)19-8(11(6,12)13)16-4-3-7(14)15-9(16)18/h3-4,6,8,17H,5H2,1-2H3,(H2,14,15,18)/t6-,8+,10+/m0/s1. The highest BCUT2D eigenvalue weighted by atomic mass is 19.3. The van der Waals surface area contributed by atoms with Gasteiger partial charge >= 0.3 is 5.69 Å². The summed E-state index contributed by atoms with van der Waals surface area (Å²) in [6.07, 6.45) is -0.695. The predicted molar refractivity (Wildman–Crippen MR) is 62.6 cm³/mol. The summed E-state index contributed by atoms with van der Waals surface area (Å²) in [5.41, 5.74) is 2.97. The third kappa shape index (κ3) is 2.00. The Hall–Kier alpha value is -1.54. The number of rotatable bonds is 2. The summed E-state index contributed by atoms with van der Waals surface area (Å²) in [5, 5.41) is 9.22. The molecular formula is C11H15F2N3O3. The van der Waals surface area contributed by atoms with Crippen LogP contribution in [0.25, 0.3) is 0 Å². The van der Waals surface area contributed by atoms with E-state index in [2.05, 4.69) is 4.98 Å². The van der Waals surface area contributed by atoms with Gasteiger partial charge in [-0.3, -0.25) is 4.57 Å².